The van der Waals surface area contributed by atoms with Gasteiger partial charge >= 0.3 is 0 Å². The summed E-state index contributed by atoms with van der Waals surface area (Å²) in [5.41, 5.74) is 1.86. The Balaban J connectivity index is 2.39. The molecule has 0 aromatic heterocycles. The van der Waals surface area contributed by atoms with Gasteiger partial charge in [-0.3, -0.25) is 9.59 Å². The molecule has 1 N–H and O–H groups in total. The highest BCUT2D eigenvalue weighted by Crippen LogP contribution is 2.21. The predicted octanol–water partition coefficient (Wildman–Crippen LogP) is 4.99. The van der Waals surface area contributed by atoms with Gasteiger partial charge in [0.05, 0.1) is 0 Å². The molecule has 0 unspecified atom stereocenters. The van der Waals surface area contributed by atoms with Gasteiger partial charge in [0, 0.05) is 30.5 Å². The van der Waals surface area contributed by atoms with Gasteiger partial charge in [0.25, 0.3) is 0 Å². The van der Waals surface area contributed by atoms with Crippen LogP contribution >= 0.6 is 11.6 Å². The lowest BCUT2D eigenvalue weighted by Crippen LogP contribution is -2.52. The number of hydrogen-bond donors (Lipinski definition) is 1. The third-order valence-electron chi connectivity index (χ3n) is 5.03. The number of hydrogen-bond acceptors (Lipinski definition) is 2. The van der Waals surface area contributed by atoms with E-state index in [2.05, 4.69) is 5.32 Å². The van der Waals surface area contributed by atoms with Crippen LogP contribution < -0.4 is 5.32 Å². The molecule has 0 spiro atoms. The fraction of sp³-hybridized carbons (Fsp3) is 0.417. The topological polar surface area (TPSA) is 49.4 Å². The molecule has 0 aliphatic rings. The molecule has 156 valence electrons. The quantitative estimate of drug-likeness (QED) is 0.595. The van der Waals surface area contributed by atoms with Crippen LogP contribution in [0, 0.1) is 0 Å². The van der Waals surface area contributed by atoms with Crippen molar-refractivity contribution >= 4 is 23.4 Å². The average molecular weight is 415 g/mol. The third kappa shape index (κ3) is 6.90. The Kier molecular flexibility index (Phi) is 9.20. The lowest BCUT2D eigenvalue weighted by atomic mass is 10.0. The van der Waals surface area contributed by atoms with Crippen LogP contribution in [0.15, 0.2) is 54.6 Å². The summed E-state index contributed by atoms with van der Waals surface area (Å²) < 4.78 is 0. The molecule has 5 heteroatoms. The summed E-state index contributed by atoms with van der Waals surface area (Å²) in [6.07, 6.45) is 2.41. The van der Waals surface area contributed by atoms with E-state index in [4.69, 9.17) is 11.6 Å². The van der Waals surface area contributed by atoms with Crippen LogP contribution in [0.1, 0.15) is 51.2 Å². The van der Waals surface area contributed by atoms with E-state index in [-0.39, 0.29) is 17.9 Å². The second kappa shape index (κ2) is 11.6. The molecule has 0 bridgehead atoms. The monoisotopic (exact) mass is 414 g/mol. The van der Waals surface area contributed by atoms with Gasteiger partial charge in [-0.15, -0.1) is 0 Å². The second-order valence-electron chi connectivity index (χ2n) is 7.39. The first-order valence-electron chi connectivity index (χ1n) is 10.3. The highest BCUT2D eigenvalue weighted by Gasteiger charge is 2.30. The highest BCUT2D eigenvalue weighted by atomic mass is 35.5. The molecule has 29 heavy (non-hydrogen) atoms. The predicted molar refractivity (Wildman–Crippen MR) is 119 cm³/mol. The molecule has 4 nitrogen and oxygen atoms in total. The van der Waals surface area contributed by atoms with Gasteiger partial charge < -0.3 is 10.2 Å². The smallest absolute Gasteiger partial charge is 0.243 e. The maximum Gasteiger partial charge on any atom is 0.243 e. The number of rotatable bonds is 10. The van der Waals surface area contributed by atoms with Crippen LogP contribution in [-0.4, -0.2) is 28.8 Å². The lowest BCUT2D eigenvalue weighted by molar-refractivity contribution is -0.141. The van der Waals surface area contributed by atoms with Crippen LogP contribution in [-0.2, 0) is 22.6 Å². The average Bonchev–Trinajstić information content (AvgIpc) is 2.72. The van der Waals surface area contributed by atoms with Gasteiger partial charge in [0.1, 0.15) is 6.04 Å². The van der Waals surface area contributed by atoms with E-state index in [1.165, 1.54) is 0 Å². The summed E-state index contributed by atoms with van der Waals surface area (Å²) in [7, 11) is 0. The lowest BCUT2D eigenvalue weighted by Gasteiger charge is -2.32. The van der Waals surface area contributed by atoms with Crippen LogP contribution in [0.5, 0.6) is 0 Å². The fourth-order valence-electron chi connectivity index (χ4n) is 3.16. The molecule has 2 aromatic rings. The van der Waals surface area contributed by atoms with Crippen LogP contribution in [0.3, 0.4) is 0 Å². The van der Waals surface area contributed by atoms with E-state index >= 15 is 0 Å². The van der Waals surface area contributed by atoms with Crippen LogP contribution in [0.25, 0.3) is 0 Å². The van der Waals surface area contributed by atoms with E-state index in [1.54, 1.807) is 4.90 Å². The Hall–Kier alpha value is -2.33. The van der Waals surface area contributed by atoms with Crippen molar-refractivity contribution in [1.29, 1.82) is 0 Å². The second-order valence-corrected chi connectivity index (χ2v) is 7.79. The molecular weight excluding hydrogens is 384 g/mol. The first-order valence-corrected chi connectivity index (χ1v) is 10.7. The number of carbonyl (C=O) groups is 2. The number of nitrogens with one attached hydrogen (secondary N) is 1. The van der Waals surface area contributed by atoms with Crippen molar-refractivity contribution in [3.8, 4) is 0 Å². The minimum absolute atomic E-state index is 0.0346. The van der Waals surface area contributed by atoms with Gasteiger partial charge in [0.2, 0.25) is 11.8 Å². The third-order valence-corrected chi connectivity index (χ3v) is 5.40. The van der Waals surface area contributed by atoms with Crippen LogP contribution in [0.4, 0.5) is 0 Å². The zero-order valence-electron chi connectivity index (χ0n) is 17.5. The number of carbonyl (C=O) groups excluding carboxylic acids is 2. The van der Waals surface area contributed by atoms with Crippen molar-refractivity contribution in [3.05, 3.63) is 70.7 Å². The van der Waals surface area contributed by atoms with Crippen molar-refractivity contribution in [1.82, 2.24) is 10.2 Å². The molecule has 2 rings (SSSR count). The number of halogens is 1. The SMILES string of the molecule is CCCC(=O)N(Cc1ccccc1Cl)[C@@H](Cc1ccccc1)C(=O)N[C@H](C)CC. The van der Waals surface area contributed by atoms with Crippen LogP contribution in [0.2, 0.25) is 5.02 Å². The Morgan fingerprint density at radius 1 is 1.03 bits per heavy atom. The first-order chi connectivity index (χ1) is 14.0. The van der Waals surface area contributed by atoms with Crippen molar-refractivity contribution in [3.63, 3.8) is 0 Å². The number of benzene rings is 2. The van der Waals surface area contributed by atoms with Crippen molar-refractivity contribution in [2.24, 2.45) is 0 Å². The van der Waals surface area contributed by atoms with E-state index in [9.17, 15) is 9.59 Å². The summed E-state index contributed by atoms with van der Waals surface area (Å²) >= 11 is 6.36. The minimum atomic E-state index is -0.596. The molecule has 0 radical (unpaired) electrons. The van der Waals surface area contributed by atoms with E-state index < -0.39 is 6.04 Å². The highest BCUT2D eigenvalue weighted by molar-refractivity contribution is 6.31. The Morgan fingerprint density at radius 2 is 1.69 bits per heavy atom. The summed E-state index contributed by atoms with van der Waals surface area (Å²) in [6.45, 7) is 6.28. The van der Waals surface area contributed by atoms with Crippen molar-refractivity contribution in [2.45, 2.75) is 65.1 Å². The standard InChI is InChI=1S/C24H31ClN2O2/c1-4-11-23(28)27(17-20-14-9-10-15-21(20)25)22(24(29)26-18(3)5-2)16-19-12-7-6-8-13-19/h6-10,12-15,18,22H,4-5,11,16-17H2,1-3H3,(H,26,29)/t18-,22+/m1/s1. The molecule has 0 fully saturated rings. The van der Waals surface area contributed by atoms with E-state index in [0.29, 0.717) is 24.4 Å². The maximum atomic E-state index is 13.2. The zero-order valence-corrected chi connectivity index (χ0v) is 18.3. The molecule has 0 heterocycles. The molecule has 0 saturated carbocycles. The van der Waals surface area contributed by atoms with Crippen molar-refractivity contribution < 1.29 is 9.59 Å². The molecular formula is C24H31ClN2O2. The van der Waals surface area contributed by atoms with E-state index in [0.717, 1.165) is 24.0 Å². The fourth-order valence-corrected chi connectivity index (χ4v) is 3.36. The Morgan fingerprint density at radius 3 is 2.31 bits per heavy atom. The summed E-state index contributed by atoms with van der Waals surface area (Å²) in [5.74, 6) is -0.160. The minimum Gasteiger partial charge on any atom is -0.352 e. The summed E-state index contributed by atoms with van der Waals surface area (Å²) in [4.78, 5) is 27.9. The zero-order chi connectivity index (χ0) is 21.2. The molecule has 2 amide bonds. The Labute approximate surface area is 179 Å². The molecule has 0 aliphatic heterocycles. The number of nitrogens with zero attached hydrogens (tertiary/aromatic N) is 1. The molecule has 2 atom stereocenters. The Bertz CT molecular complexity index is 794. The largest absolute Gasteiger partial charge is 0.352 e. The van der Waals surface area contributed by atoms with Gasteiger partial charge in [0.15, 0.2) is 0 Å². The van der Waals surface area contributed by atoms with Gasteiger partial charge in [-0.05, 0) is 37.0 Å². The van der Waals surface area contributed by atoms with Gasteiger partial charge in [-0.25, -0.2) is 0 Å². The maximum absolute atomic E-state index is 13.2. The van der Waals surface area contributed by atoms with Gasteiger partial charge in [-0.2, -0.15) is 0 Å². The summed E-state index contributed by atoms with van der Waals surface area (Å²) in [5, 5.41) is 3.66. The molecule has 0 saturated heterocycles. The molecule has 2 aromatic carbocycles. The van der Waals surface area contributed by atoms with Gasteiger partial charge in [-0.1, -0.05) is 74.0 Å². The first kappa shape index (κ1) is 23.0. The molecule has 0 aliphatic carbocycles. The van der Waals surface area contributed by atoms with Crippen molar-refractivity contribution in [2.75, 3.05) is 0 Å². The summed E-state index contributed by atoms with van der Waals surface area (Å²) in [6, 6.07) is 16.7. The van der Waals surface area contributed by atoms with E-state index in [1.807, 2.05) is 75.4 Å². The number of amides is 2. The normalized spacial score (nSPS) is 12.8.